The van der Waals surface area contributed by atoms with Crippen LogP contribution in [0.15, 0.2) is 24.3 Å². The highest BCUT2D eigenvalue weighted by Crippen LogP contribution is 2.20. The molecule has 1 aliphatic heterocycles. The number of halogens is 1. The largest absolute Gasteiger partial charge is 0.384 e. The monoisotopic (exact) mass is 233 g/mol. The molecule has 0 aliphatic carbocycles. The lowest BCUT2D eigenvalue weighted by molar-refractivity contribution is 0.596. The Labute approximate surface area is 89.8 Å². The molecule has 0 fully saturated rings. The van der Waals surface area contributed by atoms with E-state index in [0.29, 0.717) is 6.54 Å². The fraction of sp³-hybridized carbons (Fsp3) is 0.333. The van der Waals surface area contributed by atoms with Gasteiger partial charge in [0.15, 0.2) is 9.84 Å². The first-order valence-corrected chi connectivity index (χ1v) is 6.02. The van der Waals surface area contributed by atoms with E-state index in [1.165, 1.54) is 0 Å². The summed E-state index contributed by atoms with van der Waals surface area (Å²) in [6.07, 6.45) is 0. The summed E-state index contributed by atoms with van der Waals surface area (Å²) < 4.78 is 22.8. The van der Waals surface area contributed by atoms with Gasteiger partial charge in [-0.15, -0.1) is 12.4 Å². The summed E-state index contributed by atoms with van der Waals surface area (Å²) in [5.74, 6) is 0.387. The third kappa shape index (κ3) is 2.39. The minimum Gasteiger partial charge on any atom is -0.384 e. The molecule has 1 N–H and O–H groups in total. The van der Waals surface area contributed by atoms with E-state index < -0.39 is 9.84 Å². The Morgan fingerprint density at radius 1 is 1.21 bits per heavy atom. The van der Waals surface area contributed by atoms with Crippen LogP contribution < -0.4 is 5.32 Å². The molecule has 0 bridgehead atoms. The van der Waals surface area contributed by atoms with Crippen molar-refractivity contribution in [3.63, 3.8) is 0 Å². The summed E-state index contributed by atoms with van der Waals surface area (Å²) in [5.41, 5.74) is 1.82. The highest BCUT2D eigenvalue weighted by Gasteiger charge is 2.17. The molecular weight excluding hydrogens is 222 g/mol. The van der Waals surface area contributed by atoms with Crippen LogP contribution in [0.2, 0.25) is 0 Å². The molecule has 0 aromatic heterocycles. The summed E-state index contributed by atoms with van der Waals surface area (Å²) in [6, 6.07) is 7.53. The van der Waals surface area contributed by atoms with Crippen molar-refractivity contribution in [3.05, 3.63) is 29.8 Å². The fourth-order valence-corrected chi connectivity index (χ4v) is 2.75. The van der Waals surface area contributed by atoms with Crippen LogP contribution in [-0.4, -0.2) is 20.7 Å². The Morgan fingerprint density at radius 2 is 1.93 bits per heavy atom. The number of rotatable bonds is 0. The second kappa shape index (κ2) is 4.19. The number of hydrogen-bond acceptors (Lipinski definition) is 3. The van der Waals surface area contributed by atoms with E-state index in [0.717, 1.165) is 11.3 Å². The molecule has 1 aliphatic rings. The van der Waals surface area contributed by atoms with Gasteiger partial charge in [0.25, 0.3) is 0 Å². The maximum absolute atomic E-state index is 11.4. The van der Waals surface area contributed by atoms with Crippen LogP contribution in [-0.2, 0) is 15.6 Å². The van der Waals surface area contributed by atoms with Crippen molar-refractivity contribution in [2.45, 2.75) is 5.75 Å². The minimum atomic E-state index is -2.90. The first-order valence-electron chi connectivity index (χ1n) is 4.20. The Hall–Kier alpha value is -0.740. The number of para-hydroxylation sites is 1. The molecule has 0 saturated carbocycles. The molecule has 1 aromatic carbocycles. The van der Waals surface area contributed by atoms with Gasteiger partial charge in [-0.25, -0.2) is 8.42 Å². The lowest BCUT2D eigenvalue weighted by Gasteiger charge is -2.04. The number of anilines is 1. The van der Waals surface area contributed by atoms with Gasteiger partial charge < -0.3 is 5.32 Å². The summed E-state index contributed by atoms with van der Waals surface area (Å²) in [7, 11) is -2.90. The topological polar surface area (TPSA) is 46.2 Å². The molecule has 0 amide bonds. The van der Waals surface area contributed by atoms with Gasteiger partial charge in [-0.3, -0.25) is 0 Å². The van der Waals surface area contributed by atoms with E-state index >= 15 is 0 Å². The SMILES string of the molecule is Cl.O=S1(=O)CCNc2ccccc2C1. The van der Waals surface area contributed by atoms with Gasteiger partial charge in [0, 0.05) is 12.2 Å². The Balaban J connectivity index is 0.000000980. The van der Waals surface area contributed by atoms with Gasteiger partial charge in [0.1, 0.15) is 0 Å². The average Bonchev–Trinajstić information content (AvgIpc) is 2.21. The molecule has 1 heterocycles. The number of fused-ring (bicyclic) bond motifs is 1. The average molecular weight is 234 g/mol. The second-order valence-electron chi connectivity index (χ2n) is 3.18. The molecule has 0 saturated heterocycles. The zero-order chi connectivity index (χ0) is 9.31. The highest BCUT2D eigenvalue weighted by atomic mass is 35.5. The van der Waals surface area contributed by atoms with Gasteiger partial charge in [0.2, 0.25) is 0 Å². The molecule has 3 nitrogen and oxygen atoms in total. The second-order valence-corrected chi connectivity index (χ2v) is 5.36. The van der Waals surface area contributed by atoms with Crippen molar-refractivity contribution in [1.82, 2.24) is 0 Å². The number of nitrogens with one attached hydrogen (secondary N) is 1. The number of hydrogen-bond donors (Lipinski definition) is 1. The normalized spacial score (nSPS) is 18.3. The summed E-state index contributed by atoms with van der Waals surface area (Å²) in [5, 5.41) is 3.10. The molecule has 14 heavy (non-hydrogen) atoms. The molecule has 5 heteroatoms. The van der Waals surface area contributed by atoms with Crippen molar-refractivity contribution < 1.29 is 8.42 Å². The van der Waals surface area contributed by atoms with E-state index in [-0.39, 0.29) is 23.9 Å². The maximum atomic E-state index is 11.4. The number of benzene rings is 1. The number of sulfone groups is 1. The van der Waals surface area contributed by atoms with E-state index in [1.807, 2.05) is 24.3 Å². The third-order valence-electron chi connectivity index (χ3n) is 2.12. The Bertz CT molecular complexity index is 417. The van der Waals surface area contributed by atoms with E-state index in [9.17, 15) is 8.42 Å². The van der Waals surface area contributed by atoms with Crippen molar-refractivity contribution >= 4 is 27.9 Å². The van der Waals surface area contributed by atoms with Crippen molar-refractivity contribution in [1.29, 1.82) is 0 Å². The van der Waals surface area contributed by atoms with E-state index in [1.54, 1.807) is 0 Å². The first kappa shape index (κ1) is 11.3. The van der Waals surface area contributed by atoms with Crippen LogP contribution in [0, 0.1) is 0 Å². The van der Waals surface area contributed by atoms with Gasteiger partial charge in [-0.1, -0.05) is 18.2 Å². The fourth-order valence-electron chi connectivity index (χ4n) is 1.47. The zero-order valence-electron chi connectivity index (χ0n) is 7.56. The smallest absolute Gasteiger partial charge is 0.156 e. The highest BCUT2D eigenvalue weighted by molar-refractivity contribution is 7.90. The van der Waals surface area contributed by atoms with Crippen molar-refractivity contribution in [2.24, 2.45) is 0 Å². The molecule has 0 unspecified atom stereocenters. The summed E-state index contributed by atoms with van der Waals surface area (Å²) in [6.45, 7) is 0.513. The predicted octanol–water partition coefficient (Wildman–Crippen LogP) is 1.45. The summed E-state index contributed by atoms with van der Waals surface area (Å²) >= 11 is 0. The zero-order valence-corrected chi connectivity index (χ0v) is 9.20. The lowest BCUT2D eigenvalue weighted by Crippen LogP contribution is -2.12. The Kier molecular flexibility index (Phi) is 3.39. The van der Waals surface area contributed by atoms with Crippen LogP contribution in [0.5, 0.6) is 0 Å². The third-order valence-corrected chi connectivity index (χ3v) is 3.70. The van der Waals surface area contributed by atoms with Crippen LogP contribution in [0.3, 0.4) is 0 Å². The van der Waals surface area contributed by atoms with Gasteiger partial charge in [-0.2, -0.15) is 0 Å². The van der Waals surface area contributed by atoms with Crippen LogP contribution in [0.4, 0.5) is 5.69 Å². The standard InChI is InChI=1S/C9H11NO2S.ClH/c11-13(12)6-5-10-9-4-2-1-3-8(9)7-13;/h1-4,10H,5-7H2;1H. The molecule has 2 rings (SSSR count). The quantitative estimate of drug-likeness (QED) is 0.738. The van der Waals surface area contributed by atoms with Gasteiger partial charge in [0.05, 0.1) is 11.5 Å². The Morgan fingerprint density at radius 3 is 2.71 bits per heavy atom. The molecule has 1 aromatic rings. The first-order chi connectivity index (χ1) is 6.17. The summed E-state index contributed by atoms with van der Waals surface area (Å²) in [4.78, 5) is 0. The van der Waals surface area contributed by atoms with Crippen LogP contribution in [0.25, 0.3) is 0 Å². The minimum absolute atomic E-state index is 0. The van der Waals surface area contributed by atoms with E-state index in [2.05, 4.69) is 5.32 Å². The molecule has 0 atom stereocenters. The maximum Gasteiger partial charge on any atom is 0.156 e. The molecule has 0 radical (unpaired) electrons. The van der Waals surface area contributed by atoms with Crippen molar-refractivity contribution in [3.8, 4) is 0 Å². The molecule has 0 spiro atoms. The van der Waals surface area contributed by atoms with Crippen LogP contribution in [0.1, 0.15) is 5.56 Å². The van der Waals surface area contributed by atoms with E-state index in [4.69, 9.17) is 0 Å². The van der Waals surface area contributed by atoms with Gasteiger partial charge in [-0.05, 0) is 11.6 Å². The molecular formula is C9H12ClNO2S. The van der Waals surface area contributed by atoms with Gasteiger partial charge >= 0.3 is 0 Å². The molecule has 78 valence electrons. The lowest BCUT2D eigenvalue weighted by atomic mass is 10.2. The van der Waals surface area contributed by atoms with Crippen molar-refractivity contribution in [2.75, 3.05) is 17.6 Å². The predicted molar refractivity (Wildman–Crippen MR) is 59.7 cm³/mol. The van der Waals surface area contributed by atoms with Crippen LogP contribution >= 0.6 is 12.4 Å².